The summed E-state index contributed by atoms with van der Waals surface area (Å²) >= 11 is 0. The molecule has 7 heteroatoms. The van der Waals surface area contributed by atoms with Crippen LogP contribution in [-0.2, 0) is 0 Å². The second kappa shape index (κ2) is 13.4. The topological polar surface area (TPSA) is 53.5 Å². The molecule has 0 bridgehead atoms. The summed E-state index contributed by atoms with van der Waals surface area (Å²) in [5, 5.41) is 7.89. The Kier molecular flexibility index (Phi) is 7.80. The second-order valence-electron chi connectivity index (χ2n) is 13.4. The molecular weight excluding hydrogens is 659 g/mol. The van der Waals surface area contributed by atoms with E-state index in [2.05, 4.69) is 183 Å². The minimum atomic E-state index is -0.226. The highest BCUT2D eigenvalue weighted by Crippen LogP contribution is 2.32. The largest absolute Gasteiger partial charge is 0.306 e. The molecule has 0 saturated carbocycles. The van der Waals surface area contributed by atoms with Gasteiger partial charge in [0.1, 0.15) is 5.82 Å². The zero-order chi connectivity index (χ0) is 35.8. The van der Waals surface area contributed by atoms with E-state index in [1.165, 1.54) is 10.8 Å². The Morgan fingerprint density at radius 2 is 1.19 bits per heavy atom. The SMILES string of the molecule is c1ccc(-c2nn(-c3ccccc3)c(-c3ccccc3)c2B(c2cccc(-n3ccnc3)c2)c2ccc3c4ccccc4n(-c4ccccn4)c3c2)cc1. The van der Waals surface area contributed by atoms with Crippen molar-refractivity contribution >= 4 is 44.9 Å². The molecule has 4 heterocycles. The van der Waals surface area contributed by atoms with Crippen LogP contribution in [0.3, 0.4) is 0 Å². The average molecular weight is 693 g/mol. The fourth-order valence-electron chi connectivity index (χ4n) is 7.85. The number of pyridine rings is 1. The van der Waals surface area contributed by atoms with E-state index in [1.807, 2.05) is 37.1 Å². The first-order valence-corrected chi connectivity index (χ1v) is 18.1. The van der Waals surface area contributed by atoms with E-state index in [-0.39, 0.29) is 6.71 Å². The van der Waals surface area contributed by atoms with Crippen LogP contribution in [-0.4, -0.2) is 35.6 Å². The van der Waals surface area contributed by atoms with Gasteiger partial charge in [0, 0.05) is 40.6 Å². The number of benzene rings is 6. The third-order valence-corrected chi connectivity index (χ3v) is 10.2. The molecular formula is C47H33BN6. The first-order valence-electron chi connectivity index (χ1n) is 18.1. The van der Waals surface area contributed by atoms with Gasteiger partial charge in [-0.3, -0.25) is 4.57 Å². The van der Waals surface area contributed by atoms with Gasteiger partial charge in [0.15, 0.2) is 0 Å². The van der Waals surface area contributed by atoms with Crippen LogP contribution in [0, 0.1) is 0 Å². The first kappa shape index (κ1) is 31.5. The number of fused-ring (bicyclic) bond motifs is 3. The lowest BCUT2D eigenvalue weighted by atomic mass is 9.36. The molecule has 0 atom stereocenters. The number of hydrogen-bond donors (Lipinski definition) is 0. The monoisotopic (exact) mass is 692 g/mol. The summed E-state index contributed by atoms with van der Waals surface area (Å²) in [6, 6.07) is 62.1. The van der Waals surface area contributed by atoms with Crippen molar-refractivity contribution in [2.24, 2.45) is 0 Å². The maximum atomic E-state index is 5.52. The molecule has 0 aliphatic carbocycles. The third-order valence-electron chi connectivity index (χ3n) is 10.2. The fourth-order valence-corrected chi connectivity index (χ4v) is 7.85. The van der Waals surface area contributed by atoms with Gasteiger partial charge in [0.2, 0.25) is 6.71 Å². The van der Waals surface area contributed by atoms with Gasteiger partial charge in [-0.1, -0.05) is 138 Å². The van der Waals surface area contributed by atoms with Crippen molar-refractivity contribution in [2.45, 2.75) is 0 Å². The smallest absolute Gasteiger partial charge is 0.247 e. The fraction of sp³-hybridized carbons (Fsp3) is 0. The molecule has 6 aromatic carbocycles. The predicted molar refractivity (Wildman–Crippen MR) is 221 cm³/mol. The Balaban J connectivity index is 1.33. The van der Waals surface area contributed by atoms with E-state index >= 15 is 0 Å². The molecule has 0 saturated heterocycles. The quantitative estimate of drug-likeness (QED) is 0.150. The number of nitrogens with zero attached hydrogens (tertiary/aromatic N) is 6. The van der Waals surface area contributed by atoms with Crippen LogP contribution in [0.2, 0.25) is 0 Å². The Bertz CT molecular complexity index is 2860. The van der Waals surface area contributed by atoms with Gasteiger partial charge in [-0.15, -0.1) is 0 Å². The van der Waals surface area contributed by atoms with Crippen molar-refractivity contribution in [1.82, 2.24) is 28.9 Å². The van der Waals surface area contributed by atoms with Gasteiger partial charge in [0.05, 0.1) is 34.4 Å². The maximum Gasteiger partial charge on any atom is 0.247 e. The maximum absolute atomic E-state index is 5.52. The van der Waals surface area contributed by atoms with Gasteiger partial charge < -0.3 is 4.57 Å². The zero-order valence-electron chi connectivity index (χ0n) is 29.3. The Morgan fingerprint density at radius 3 is 1.94 bits per heavy atom. The van der Waals surface area contributed by atoms with Gasteiger partial charge in [-0.05, 0) is 59.6 Å². The summed E-state index contributed by atoms with van der Waals surface area (Å²) < 4.78 is 6.48. The van der Waals surface area contributed by atoms with Crippen LogP contribution in [0.25, 0.3) is 61.5 Å². The van der Waals surface area contributed by atoms with Crippen LogP contribution in [0.15, 0.2) is 201 Å². The molecule has 10 rings (SSSR count). The predicted octanol–water partition coefficient (Wildman–Crippen LogP) is 8.40. The van der Waals surface area contributed by atoms with Crippen molar-refractivity contribution in [2.75, 3.05) is 0 Å². The van der Waals surface area contributed by atoms with E-state index in [4.69, 9.17) is 10.1 Å². The van der Waals surface area contributed by atoms with Crippen molar-refractivity contribution in [3.63, 3.8) is 0 Å². The summed E-state index contributed by atoms with van der Waals surface area (Å²) in [6.45, 7) is -0.226. The van der Waals surface area contributed by atoms with E-state index in [0.29, 0.717) is 0 Å². The van der Waals surface area contributed by atoms with Crippen LogP contribution in [0.4, 0.5) is 0 Å². The number of rotatable bonds is 8. The lowest BCUT2D eigenvalue weighted by Crippen LogP contribution is -2.53. The summed E-state index contributed by atoms with van der Waals surface area (Å²) in [6.07, 6.45) is 7.52. The van der Waals surface area contributed by atoms with Crippen molar-refractivity contribution in [1.29, 1.82) is 0 Å². The van der Waals surface area contributed by atoms with E-state index in [1.54, 1.807) is 0 Å². The Labute approximate surface area is 313 Å². The van der Waals surface area contributed by atoms with Crippen LogP contribution in [0.1, 0.15) is 0 Å². The molecule has 0 aliphatic heterocycles. The third kappa shape index (κ3) is 5.42. The summed E-state index contributed by atoms with van der Waals surface area (Å²) in [7, 11) is 0. The molecule has 0 amide bonds. The lowest BCUT2D eigenvalue weighted by molar-refractivity contribution is 0.892. The highest BCUT2D eigenvalue weighted by Gasteiger charge is 2.34. The average Bonchev–Trinajstić information content (AvgIpc) is 4.00. The van der Waals surface area contributed by atoms with Gasteiger partial charge in [-0.25, -0.2) is 14.6 Å². The molecule has 54 heavy (non-hydrogen) atoms. The van der Waals surface area contributed by atoms with Crippen LogP contribution < -0.4 is 16.4 Å². The normalized spacial score (nSPS) is 11.3. The number of para-hydroxylation sites is 2. The summed E-state index contributed by atoms with van der Waals surface area (Å²) in [4.78, 5) is 9.21. The zero-order valence-corrected chi connectivity index (χ0v) is 29.3. The summed E-state index contributed by atoms with van der Waals surface area (Å²) in [5.41, 5.74) is 11.8. The number of aromatic nitrogens is 6. The molecule has 0 unspecified atom stereocenters. The standard InChI is InChI=1S/C47H33BN6/c1-4-15-34(16-5-1)46-45(47(35-17-6-2-7-18-35)54(51-46)38-20-8-3-9-21-38)48(36-19-14-22-39(31-36)52-30-29-49-33-52)37-26-27-41-40-23-10-11-24-42(40)53(43(41)32-37)44-25-12-13-28-50-44/h1-33H. The molecule has 0 radical (unpaired) electrons. The van der Waals surface area contributed by atoms with E-state index in [0.717, 1.165) is 67.1 Å². The molecule has 4 aromatic heterocycles. The van der Waals surface area contributed by atoms with Gasteiger partial charge in [-0.2, -0.15) is 5.10 Å². The molecule has 254 valence electrons. The lowest BCUT2D eigenvalue weighted by Gasteiger charge is -2.20. The highest BCUT2D eigenvalue weighted by molar-refractivity contribution is 6.97. The van der Waals surface area contributed by atoms with Crippen molar-refractivity contribution in [3.05, 3.63) is 201 Å². The Hall–Kier alpha value is -7.25. The van der Waals surface area contributed by atoms with Crippen LogP contribution >= 0.6 is 0 Å². The molecule has 10 aromatic rings. The molecule has 0 N–H and O–H groups in total. The second-order valence-corrected chi connectivity index (χ2v) is 13.4. The van der Waals surface area contributed by atoms with Crippen LogP contribution in [0.5, 0.6) is 0 Å². The van der Waals surface area contributed by atoms with E-state index < -0.39 is 0 Å². The van der Waals surface area contributed by atoms with Crippen molar-refractivity contribution in [3.8, 4) is 39.7 Å². The molecule has 6 nitrogen and oxygen atoms in total. The minimum absolute atomic E-state index is 0.226. The number of hydrogen-bond acceptors (Lipinski definition) is 3. The molecule has 0 fully saturated rings. The van der Waals surface area contributed by atoms with Crippen molar-refractivity contribution < 1.29 is 0 Å². The number of imidazole rings is 1. The minimum Gasteiger partial charge on any atom is -0.306 e. The Morgan fingerprint density at radius 1 is 0.500 bits per heavy atom. The molecule has 0 aliphatic rings. The van der Waals surface area contributed by atoms with E-state index in [9.17, 15) is 0 Å². The van der Waals surface area contributed by atoms with Gasteiger partial charge in [0.25, 0.3) is 0 Å². The summed E-state index contributed by atoms with van der Waals surface area (Å²) in [5.74, 6) is 0.881. The highest BCUT2D eigenvalue weighted by atomic mass is 15.3. The van der Waals surface area contributed by atoms with Gasteiger partial charge >= 0.3 is 0 Å². The first-order chi connectivity index (χ1) is 26.8. The molecule has 0 spiro atoms.